The van der Waals surface area contributed by atoms with Gasteiger partial charge in [-0.05, 0) is 74.6 Å². The van der Waals surface area contributed by atoms with Gasteiger partial charge in [-0.15, -0.1) is 0 Å². The van der Waals surface area contributed by atoms with Gasteiger partial charge in [0.2, 0.25) is 0 Å². The van der Waals surface area contributed by atoms with E-state index in [1.807, 2.05) is 0 Å². The van der Waals surface area contributed by atoms with E-state index >= 15 is 0 Å². The summed E-state index contributed by atoms with van der Waals surface area (Å²) in [7, 11) is 0. The van der Waals surface area contributed by atoms with E-state index in [4.69, 9.17) is 4.74 Å². The van der Waals surface area contributed by atoms with Crippen LogP contribution in [0, 0.1) is 25.2 Å². The Balaban J connectivity index is 2.08. The number of rotatable bonds is 0. The van der Waals surface area contributed by atoms with Crippen LogP contribution in [0.3, 0.4) is 0 Å². The highest BCUT2D eigenvalue weighted by Gasteiger charge is 2.50. The van der Waals surface area contributed by atoms with E-state index in [1.165, 1.54) is 42.4 Å². The highest BCUT2D eigenvalue weighted by molar-refractivity contribution is 5.45. The lowest BCUT2D eigenvalue weighted by Gasteiger charge is -2.53. The van der Waals surface area contributed by atoms with Crippen molar-refractivity contribution in [3.63, 3.8) is 0 Å². The average molecular weight is 258 g/mol. The molecule has 0 N–H and O–H groups in total. The van der Waals surface area contributed by atoms with E-state index < -0.39 is 0 Å². The third-order valence-corrected chi connectivity index (χ3v) is 5.50. The molecule has 104 valence electrons. The molecule has 1 nitrogen and oxygen atoms in total. The van der Waals surface area contributed by atoms with Crippen LogP contribution < -0.4 is 4.74 Å². The fourth-order valence-corrected chi connectivity index (χ4v) is 4.45. The van der Waals surface area contributed by atoms with Gasteiger partial charge in [0, 0.05) is 5.92 Å². The summed E-state index contributed by atoms with van der Waals surface area (Å²) < 4.78 is 6.52. The number of hydrogen-bond acceptors (Lipinski definition) is 1. The first-order valence-electron chi connectivity index (χ1n) is 7.61. The second kappa shape index (κ2) is 4.01. The molecule has 0 bridgehead atoms. The zero-order chi connectivity index (χ0) is 13.8. The molecule has 1 aliphatic carbocycles. The lowest BCUT2D eigenvalue weighted by atomic mass is 9.59. The second-order valence-corrected chi connectivity index (χ2v) is 7.57. The predicted octanol–water partition coefficient (Wildman–Crippen LogP) is 4.82. The Morgan fingerprint density at radius 3 is 2.58 bits per heavy atom. The van der Waals surface area contributed by atoms with E-state index in [2.05, 4.69) is 46.8 Å². The minimum Gasteiger partial charge on any atom is -0.487 e. The molecule has 1 fully saturated rings. The zero-order valence-electron chi connectivity index (χ0n) is 13.0. The predicted molar refractivity (Wildman–Crippen MR) is 79.8 cm³/mol. The number of hydrogen-bond donors (Lipinski definition) is 0. The summed E-state index contributed by atoms with van der Waals surface area (Å²) in [5.74, 6) is 1.79. The number of ether oxygens (including phenoxy) is 1. The number of fused-ring (bicyclic) bond motifs is 2. The Morgan fingerprint density at radius 1 is 1.11 bits per heavy atom. The fraction of sp³-hybridized carbons (Fsp3) is 0.667. The van der Waals surface area contributed by atoms with Crippen LogP contribution in [0.25, 0.3) is 0 Å². The van der Waals surface area contributed by atoms with Gasteiger partial charge in [0.1, 0.15) is 11.4 Å². The topological polar surface area (TPSA) is 9.23 Å². The van der Waals surface area contributed by atoms with Gasteiger partial charge >= 0.3 is 0 Å². The van der Waals surface area contributed by atoms with Crippen molar-refractivity contribution in [1.82, 2.24) is 0 Å². The standard InChI is InChI=1S/C18H26O/c1-12-9-13(2)14-11-16-17(3,4)7-6-8-18(16,5)19-15(14)10-12/h9-10,16H,6-8,11H2,1-5H3. The Bertz CT molecular complexity index is 515. The lowest BCUT2D eigenvalue weighted by Crippen LogP contribution is -2.54. The molecule has 19 heavy (non-hydrogen) atoms. The van der Waals surface area contributed by atoms with Crippen LogP contribution in [0.2, 0.25) is 0 Å². The normalized spacial score (nSPS) is 32.2. The van der Waals surface area contributed by atoms with E-state index in [0.29, 0.717) is 11.3 Å². The molecule has 0 saturated heterocycles. The molecule has 0 radical (unpaired) electrons. The largest absolute Gasteiger partial charge is 0.487 e. The van der Waals surface area contributed by atoms with Crippen molar-refractivity contribution in [3.8, 4) is 5.75 Å². The maximum Gasteiger partial charge on any atom is 0.123 e. The van der Waals surface area contributed by atoms with Gasteiger partial charge in [-0.3, -0.25) is 0 Å². The van der Waals surface area contributed by atoms with Crippen LogP contribution in [0.5, 0.6) is 5.75 Å². The minimum absolute atomic E-state index is 0.0367. The molecular formula is C18H26O. The van der Waals surface area contributed by atoms with Crippen molar-refractivity contribution >= 4 is 0 Å². The molecule has 3 rings (SSSR count). The summed E-state index contributed by atoms with van der Waals surface area (Å²) in [5.41, 5.74) is 4.59. The van der Waals surface area contributed by atoms with E-state index in [0.717, 1.165) is 5.75 Å². The first-order valence-corrected chi connectivity index (χ1v) is 7.61. The fourth-order valence-electron chi connectivity index (χ4n) is 4.45. The average Bonchev–Trinajstić information content (AvgIpc) is 2.25. The molecule has 1 saturated carbocycles. The van der Waals surface area contributed by atoms with Crippen LogP contribution in [0.1, 0.15) is 56.7 Å². The van der Waals surface area contributed by atoms with Gasteiger partial charge in [-0.25, -0.2) is 0 Å². The lowest BCUT2D eigenvalue weighted by molar-refractivity contribution is -0.0817. The molecule has 1 aliphatic heterocycles. The van der Waals surface area contributed by atoms with Gasteiger partial charge in [0.15, 0.2) is 0 Å². The number of aryl methyl sites for hydroxylation is 2. The molecule has 1 aromatic carbocycles. The summed E-state index contributed by atoms with van der Waals surface area (Å²) >= 11 is 0. The summed E-state index contributed by atoms with van der Waals surface area (Å²) in [6.07, 6.45) is 5.01. The number of benzene rings is 1. The monoisotopic (exact) mass is 258 g/mol. The first-order chi connectivity index (χ1) is 8.82. The first kappa shape index (κ1) is 13.0. The molecule has 0 amide bonds. The van der Waals surface area contributed by atoms with E-state index in [1.54, 1.807) is 0 Å². The Kier molecular flexibility index (Phi) is 2.75. The third-order valence-electron chi connectivity index (χ3n) is 5.50. The van der Waals surface area contributed by atoms with Crippen molar-refractivity contribution in [2.24, 2.45) is 11.3 Å². The molecule has 2 atom stereocenters. The third kappa shape index (κ3) is 1.98. The van der Waals surface area contributed by atoms with Crippen LogP contribution in [-0.2, 0) is 6.42 Å². The van der Waals surface area contributed by atoms with Crippen molar-refractivity contribution in [2.45, 2.75) is 65.9 Å². The highest BCUT2D eigenvalue weighted by Crippen LogP contribution is 2.53. The van der Waals surface area contributed by atoms with Gasteiger partial charge in [0.05, 0.1) is 0 Å². The summed E-state index contributed by atoms with van der Waals surface area (Å²) in [6.45, 7) is 11.6. The van der Waals surface area contributed by atoms with Gasteiger partial charge in [0.25, 0.3) is 0 Å². The maximum atomic E-state index is 6.52. The van der Waals surface area contributed by atoms with Gasteiger partial charge < -0.3 is 4.74 Å². The van der Waals surface area contributed by atoms with Crippen LogP contribution in [0.15, 0.2) is 12.1 Å². The van der Waals surface area contributed by atoms with Gasteiger partial charge in [-0.1, -0.05) is 19.9 Å². The molecule has 1 aromatic rings. The van der Waals surface area contributed by atoms with Crippen molar-refractivity contribution in [3.05, 3.63) is 28.8 Å². The highest BCUT2D eigenvalue weighted by atomic mass is 16.5. The Hall–Kier alpha value is -0.980. The summed E-state index contributed by atoms with van der Waals surface area (Å²) in [5, 5.41) is 0. The summed E-state index contributed by atoms with van der Waals surface area (Å²) in [4.78, 5) is 0. The van der Waals surface area contributed by atoms with E-state index in [9.17, 15) is 0 Å². The SMILES string of the molecule is Cc1cc(C)c2c(c1)OC1(C)CCCC(C)(C)C1C2. The molecule has 1 heteroatoms. The maximum absolute atomic E-state index is 6.52. The molecule has 2 aliphatic rings. The van der Waals surface area contributed by atoms with Gasteiger partial charge in [-0.2, -0.15) is 0 Å². The summed E-state index contributed by atoms with van der Waals surface area (Å²) in [6, 6.07) is 4.52. The molecular weight excluding hydrogens is 232 g/mol. The Labute approximate surface area is 117 Å². The molecule has 0 spiro atoms. The zero-order valence-corrected chi connectivity index (χ0v) is 13.0. The van der Waals surface area contributed by atoms with Crippen LogP contribution >= 0.6 is 0 Å². The van der Waals surface area contributed by atoms with Crippen molar-refractivity contribution in [2.75, 3.05) is 0 Å². The van der Waals surface area contributed by atoms with Crippen LogP contribution in [0.4, 0.5) is 0 Å². The Morgan fingerprint density at radius 2 is 1.84 bits per heavy atom. The second-order valence-electron chi connectivity index (χ2n) is 7.57. The van der Waals surface area contributed by atoms with Crippen LogP contribution in [-0.4, -0.2) is 5.60 Å². The van der Waals surface area contributed by atoms with Crippen molar-refractivity contribution in [1.29, 1.82) is 0 Å². The van der Waals surface area contributed by atoms with Crippen molar-refractivity contribution < 1.29 is 4.74 Å². The smallest absolute Gasteiger partial charge is 0.123 e. The molecule has 1 heterocycles. The quantitative estimate of drug-likeness (QED) is 0.648. The molecule has 2 unspecified atom stereocenters. The minimum atomic E-state index is 0.0367. The van der Waals surface area contributed by atoms with E-state index in [-0.39, 0.29) is 5.60 Å². The molecule has 0 aromatic heterocycles.